The first-order valence-corrected chi connectivity index (χ1v) is 11.9. The van der Waals surface area contributed by atoms with Crippen molar-refractivity contribution in [3.05, 3.63) is 86.0 Å². The van der Waals surface area contributed by atoms with Gasteiger partial charge in [-0.05, 0) is 115 Å². The lowest BCUT2D eigenvalue weighted by molar-refractivity contribution is 0.102. The number of amides is 1. The summed E-state index contributed by atoms with van der Waals surface area (Å²) in [4.78, 5) is 12.8. The van der Waals surface area contributed by atoms with Gasteiger partial charge in [0.15, 0.2) is 0 Å². The summed E-state index contributed by atoms with van der Waals surface area (Å²) in [5, 5.41) is 2.86. The highest BCUT2D eigenvalue weighted by Crippen LogP contribution is 2.24. The number of benzene rings is 3. The van der Waals surface area contributed by atoms with Gasteiger partial charge in [0.1, 0.15) is 0 Å². The summed E-state index contributed by atoms with van der Waals surface area (Å²) < 4.78 is 29.7. The van der Waals surface area contributed by atoms with Crippen molar-refractivity contribution in [3.8, 4) is 0 Å². The summed E-state index contributed by atoms with van der Waals surface area (Å²) in [5.41, 5.74) is 5.03. The van der Waals surface area contributed by atoms with Crippen molar-refractivity contribution in [2.75, 3.05) is 10.0 Å². The lowest BCUT2D eigenvalue weighted by Gasteiger charge is -2.14. The Bertz CT molecular complexity index is 1240. The van der Waals surface area contributed by atoms with Crippen LogP contribution in [0.25, 0.3) is 0 Å². The zero-order valence-corrected chi connectivity index (χ0v) is 20.2. The van der Waals surface area contributed by atoms with Gasteiger partial charge in [0.2, 0.25) is 0 Å². The monoisotopic (exact) mass is 534 g/mol. The molecule has 7 heteroatoms. The zero-order chi connectivity index (χ0) is 22.1. The molecule has 0 fully saturated rings. The predicted octanol–water partition coefficient (Wildman–Crippen LogP) is 5.58. The molecule has 0 aliphatic carbocycles. The van der Waals surface area contributed by atoms with Gasteiger partial charge in [0.25, 0.3) is 15.9 Å². The predicted molar refractivity (Wildman–Crippen MR) is 130 cm³/mol. The SMILES string of the molecule is Cc1ccc(NS(=O)(=O)c2cc(C(=O)Nc3ccc(I)cc3C)ccc2C)cc1C. The van der Waals surface area contributed by atoms with Gasteiger partial charge in [-0.3, -0.25) is 9.52 Å². The van der Waals surface area contributed by atoms with Gasteiger partial charge in [0, 0.05) is 20.5 Å². The molecule has 3 aromatic carbocycles. The molecule has 30 heavy (non-hydrogen) atoms. The van der Waals surface area contributed by atoms with Crippen LogP contribution in [0.4, 0.5) is 11.4 Å². The smallest absolute Gasteiger partial charge is 0.262 e. The van der Waals surface area contributed by atoms with Crippen LogP contribution in [0.15, 0.2) is 59.5 Å². The fourth-order valence-electron chi connectivity index (χ4n) is 3.01. The molecule has 3 rings (SSSR count). The molecule has 0 saturated carbocycles. The summed E-state index contributed by atoms with van der Waals surface area (Å²) >= 11 is 2.21. The molecule has 0 radical (unpaired) electrons. The van der Waals surface area contributed by atoms with E-state index < -0.39 is 10.0 Å². The third-order valence-electron chi connectivity index (χ3n) is 4.94. The molecule has 0 saturated heterocycles. The van der Waals surface area contributed by atoms with E-state index in [-0.39, 0.29) is 16.4 Å². The van der Waals surface area contributed by atoms with E-state index in [1.54, 1.807) is 31.2 Å². The summed E-state index contributed by atoms with van der Waals surface area (Å²) in [7, 11) is -3.85. The van der Waals surface area contributed by atoms with Crippen molar-refractivity contribution in [3.63, 3.8) is 0 Å². The van der Waals surface area contributed by atoms with Gasteiger partial charge < -0.3 is 5.32 Å². The number of rotatable bonds is 5. The van der Waals surface area contributed by atoms with Gasteiger partial charge in [-0.2, -0.15) is 0 Å². The molecule has 0 atom stereocenters. The maximum atomic E-state index is 13.0. The average molecular weight is 534 g/mol. The van der Waals surface area contributed by atoms with Crippen LogP contribution in [0.1, 0.15) is 32.6 Å². The van der Waals surface area contributed by atoms with Gasteiger partial charge >= 0.3 is 0 Å². The minimum absolute atomic E-state index is 0.0766. The van der Waals surface area contributed by atoms with Crippen LogP contribution < -0.4 is 10.0 Å². The Morgan fingerprint density at radius 1 is 0.800 bits per heavy atom. The Hall–Kier alpha value is -2.39. The fraction of sp³-hybridized carbons (Fsp3) is 0.174. The number of nitrogens with one attached hydrogen (secondary N) is 2. The Balaban J connectivity index is 1.89. The number of carbonyl (C=O) groups excluding carboxylic acids is 1. The third kappa shape index (κ3) is 5.02. The third-order valence-corrected chi connectivity index (χ3v) is 7.13. The molecule has 0 aromatic heterocycles. The highest BCUT2D eigenvalue weighted by Gasteiger charge is 2.20. The van der Waals surface area contributed by atoms with E-state index in [1.165, 1.54) is 6.07 Å². The van der Waals surface area contributed by atoms with Gasteiger partial charge in [-0.1, -0.05) is 12.1 Å². The molecule has 0 spiro atoms. The number of hydrogen-bond acceptors (Lipinski definition) is 3. The molecule has 0 unspecified atom stereocenters. The van der Waals surface area contributed by atoms with Crippen LogP contribution in [0, 0.1) is 31.3 Å². The lowest BCUT2D eigenvalue weighted by atomic mass is 10.1. The molecule has 0 bridgehead atoms. The van der Waals surface area contributed by atoms with Crippen LogP contribution in [0.3, 0.4) is 0 Å². The number of aryl methyl sites for hydroxylation is 4. The van der Waals surface area contributed by atoms with E-state index in [2.05, 4.69) is 32.6 Å². The van der Waals surface area contributed by atoms with E-state index in [1.807, 2.05) is 45.0 Å². The summed E-state index contributed by atoms with van der Waals surface area (Å²) in [5.74, 6) is -0.359. The molecule has 2 N–H and O–H groups in total. The Morgan fingerprint density at radius 2 is 1.50 bits per heavy atom. The Labute approximate surface area is 191 Å². The van der Waals surface area contributed by atoms with Crippen LogP contribution in [-0.4, -0.2) is 14.3 Å². The van der Waals surface area contributed by atoms with Crippen molar-refractivity contribution in [1.82, 2.24) is 0 Å². The first-order valence-electron chi connectivity index (χ1n) is 9.35. The second-order valence-corrected chi connectivity index (χ2v) is 10.2. The van der Waals surface area contributed by atoms with E-state index in [9.17, 15) is 13.2 Å². The minimum atomic E-state index is -3.85. The van der Waals surface area contributed by atoms with Crippen molar-refractivity contribution >= 4 is 49.9 Å². The highest BCUT2D eigenvalue weighted by molar-refractivity contribution is 14.1. The molecule has 5 nitrogen and oxygen atoms in total. The molecule has 156 valence electrons. The molecular weight excluding hydrogens is 511 g/mol. The van der Waals surface area contributed by atoms with Crippen molar-refractivity contribution in [1.29, 1.82) is 0 Å². The van der Waals surface area contributed by atoms with Crippen molar-refractivity contribution in [2.45, 2.75) is 32.6 Å². The van der Waals surface area contributed by atoms with E-state index in [4.69, 9.17) is 0 Å². The standard InChI is InChI=1S/C23H23IN2O3S/c1-14-6-9-20(12-16(14)3)26-30(28,29)22-13-18(7-5-15(22)2)23(27)25-21-10-8-19(24)11-17(21)4/h5-13,26H,1-4H3,(H,25,27). The Morgan fingerprint density at radius 3 is 2.17 bits per heavy atom. The fourth-order valence-corrected chi connectivity index (χ4v) is 4.98. The number of sulfonamides is 1. The number of carbonyl (C=O) groups is 1. The number of halogens is 1. The van der Waals surface area contributed by atoms with Crippen LogP contribution in [0.2, 0.25) is 0 Å². The van der Waals surface area contributed by atoms with Crippen molar-refractivity contribution < 1.29 is 13.2 Å². The van der Waals surface area contributed by atoms with E-state index >= 15 is 0 Å². The summed E-state index contributed by atoms with van der Waals surface area (Å²) in [6.07, 6.45) is 0. The molecular formula is C23H23IN2O3S. The van der Waals surface area contributed by atoms with Gasteiger partial charge in [-0.25, -0.2) is 8.42 Å². The lowest BCUT2D eigenvalue weighted by Crippen LogP contribution is -2.17. The Kier molecular flexibility index (Phi) is 6.52. The van der Waals surface area contributed by atoms with Crippen LogP contribution in [-0.2, 0) is 10.0 Å². The molecule has 0 aliphatic rings. The largest absolute Gasteiger partial charge is 0.322 e. The molecule has 3 aromatic rings. The average Bonchev–Trinajstić information content (AvgIpc) is 2.67. The van der Waals surface area contributed by atoms with E-state index in [0.29, 0.717) is 16.9 Å². The summed E-state index contributed by atoms with van der Waals surface area (Å²) in [6, 6.07) is 15.8. The van der Waals surface area contributed by atoms with Gasteiger partial charge in [0.05, 0.1) is 4.90 Å². The second-order valence-electron chi connectivity index (χ2n) is 7.30. The van der Waals surface area contributed by atoms with Crippen molar-refractivity contribution in [2.24, 2.45) is 0 Å². The summed E-state index contributed by atoms with van der Waals surface area (Å²) in [6.45, 7) is 7.52. The second kappa shape index (κ2) is 8.77. The molecule has 1 amide bonds. The van der Waals surface area contributed by atoms with E-state index in [0.717, 1.165) is 20.3 Å². The maximum Gasteiger partial charge on any atom is 0.262 e. The topological polar surface area (TPSA) is 75.3 Å². The first kappa shape index (κ1) is 22.3. The zero-order valence-electron chi connectivity index (χ0n) is 17.2. The van der Waals surface area contributed by atoms with Crippen LogP contribution >= 0.6 is 22.6 Å². The maximum absolute atomic E-state index is 13.0. The number of anilines is 2. The van der Waals surface area contributed by atoms with Gasteiger partial charge in [-0.15, -0.1) is 0 Å². The quantitative estimate of drug-likeness (QED) is 0.420. The van der Waals surface area contributed by atoms with Crippen LogP contribution in [0.5, 0.6) is 0 Å². The normalized spacial score (nSPS) is 11.2. The first-order chi connectivity index (χ1) is 14.1. The highest BCUT2D eigenvalue weighted by atomic mass is 127. The molecule has 0 heterocycles. The minimum Gasteiger partial charge on any atom is -0.322 e. The number of hydrogen-bond donors (Lipinski definition) is 2. The molecule has 0 aliphatic heterocycles.